The third-order valence-electron chi connectivity index (χ3n) is 5.28. The number of nitrogens with zero attached hydrogens (tertiary/aromatic N) is 4. The van der Waals surface area contributed by atoms with Crippen LogP contribution in [0.15, 0.2) is 67.0 Å². The Kier molecular flexibility index (Phi) is 8.89. The van der Waals surface area contributed by atoms with E-state index < -0.39 is 11.3 Å². The van der Waals surface area contributed by atoms with Crippen LogP contribution in [0.4, 0.5) is 5.82 Å². The molecule has 4 aromatic rings. The van der Waals surface area contributed by atoms with Crippen LogP contribution in [0.3, 0.4) is 0 Å². The van der Waals surface area contributed by atoms with E-state index in [0.29, 0.717) is 17.2 Å². The second-order valence-electron chi connectivity index (χ2n) is 9.12. The number of benzene rings is 2. The van der Waals surface area contributed by atoms with E-state index in [1.165, 1.54) is 19.5 Å². The summed E-state index contributed by atoms with van der Waals surface area (Å²) in [5.74, 6) is 1.35. The molecule has 0 saturated carbocycles. The molecule has 0 aliphatic carbocycles. The Bertz CT molecular complexity index is 1410. The zero-order valence-corrected chi connectivity index (χ0v) is 22.8. The molecule has 4 rings (SSSR count). The number of aromatic nitrogens is 4. The van der Waals surface area contributed by atoms with Crippen LogP contribution in [0.1, 0.15) is 26.3 Å². The van der Waals surface area contributed by atoms with Crippen molar-refractivity contribution in [3.8, 4) is 40.5 Å². The van der Waals surface area contributed by atoms with Gasteiger partial charge in [-0.1, -0.05) is 45.0 Å². The smallest absolute Gasteiger partial charge is 0.317 e. The summed E-state index contributed by atoms with van der Waals surface area (Å²) in [6.07, 6.45) is 3.07. The number of anilines is 1. The fraction of sp³-hybridized carbons (Fsp3) is 0.259. The van der Waals surface area contributed by atoms with Crippen molar-refractivity contribution >= 4 is 17.1 Å². The summed E-state index contributed by atoms with van der Waals surface area (Å²) in [5, 5.41) is 9.39. The summed E-state index contributed by atoms with van der Waals surface area (Å²) >= 11 is -2.10. The number of hydrogen-bond donors (Lipinski definition) is 2. The number of aliphatic hydroxyl groups is 1. The van der Waals surface area contributed by atoms with Crippen molar-refractivity contribution in [2.75, 3.05) is 25.0 Å². The van der Waals surface area contributed by atoms with Gasteiger partial charge < -0.3 is 23.5 Å². The molecule has 0 radical (unpaired) electrons. The van der Waals surface area contributed by atoms with Crippen LogP contribution in [-0.2, 0) is 16.7 Å². The third kappa shape index (κ3) is 7.18. The van der Waals surface area contributed by atoms with Crippen LogP contribution in [0.2, 0.25) is 0 Å². The number of aliphatic hydroxyl groups excluding tert-OH is 1. The highest BCUT2D eigenvalue weighted by Crippen LogP contribution is 2.41. The van der Waals surface area contributed by atoms with Crippen molar-refractivity contribution in [2.45, 2.75) is 26.2 Å². The lowest BCUT2D eigenvalue weighted by atomic mass is 9.87. The van der Waals surface area contributed by atoms with Gasteiger partial charge in [-0.05, 0) is 41.3 Å². The molecule has 11 nitrogen and oxygen atoms in total. The van der Waals surface area contributed by atoms with Gasteiger partial charge in [-0.15, -0.1) is 0 Å². The second-order valence-corrected chi connectivity index (χ2v) is 9.96. The first-order chi connectivity index (χ1) is 18.8. The lowest BCUT2D eigenvalue weighted by Gasteiger charge is -2.19. The van der Waals surface area contributed by atoms with Crippen LogP contribution in [0.25, 0.3) is 11.6 Å². The van der Waals surface area contributed by atoms with Crippen LogP contribution in [-0.4, -0.2) is 49.6 Å². The van der Waals surface area contributed by atoms with Gasteiger partial charge in [0.05, 0.1) is 13.7 Å². The van der Waals surface area contributed by atoms with Gasteiger partial charge in [0.2, 0.25) is 11.6 Å². The Labute approximate surface area is 229 Å². The van der Waals surface area contributed by atoms with E-state index in [9.17, 15) is 9.32 Å². The van der Waals surface area contributed by atoms with Gasteiger partial charge in [-0.25, -0.2) is 15.0 Å². The quantitative estimate of drug-likeness (QED) is 0.274. The summed E-state index contributed by atoms with van der Waals surface area (Å²) in [6, 6.07) is 15.9. The highest BCUT2D eigenvalue weighted by atomic mass is 32.2. The zero-order valence-electron chi connectivity index (χ0n) is 22.0. The van der Waals surface area contributed by atoms with Gasteiger partial charge in [0.25, 0.3) is 5.88 Å². The maximum absolute atomic E-state index is 13.1. The molecular formula is C27H29N5O6S. The van der Waals surface area contributed by atoms with Gasteiger partial charge in [0.15, 0.2) is 23.1 Å². The van der Waals surface area contributed by atoms with Crippen LogP contribution >= 0.6 is 0 Å². The predicted octanol–water partition coefficient (Wildman–Crippen LogP) is 4.47. The fourth-order valence-electron chi connectivity index (χ4n) is 3.36. The van der Waals surface area contributed by atoms with Crippen LogP contribution in [0.5, 0.6) is 28.9 Å². The first-order valence-electron chi connectivity index (χ1n) is 12.0. The van der Waals surface area contributed by atoms with E-state index in [-0.39, 0.29) is 47.7 Å². The van der Waals surface area contributed by atoms with Crippen LogP contribution < -0.4 is 23.1 Å². The van der Waals surface area contributed by atoms with Gasteiger partial charge in [-0.2, -0.15) is 9.19 Å². The van der Waals surface area contributed by atoms with E-state index in [1.54, 1.807) is 42.5 Å². The summed E-state index contributed by atoms with van der Waals surface area (Å²) in [5.41, 5.74) is 1.07. The highest BCUT2D eigenvalue weighted by Gasteiger charge is 2.24. The largest absolute Gasteiger partial charge is 0.493 e. The van der Waals surface area contributed by atoms with Crippen molar-refractivity contribution in [1.82, 2.24) is 19.9 Å². The highest BCUT2D eigenvalue weighted by molar-refractivity contribution is 7.81. The molecule has 2 aromatic heterocycles. The molecular weight excluding hydrogens is 522 g/mol. The Morgan fingerprint density at radius 1 is 0.923 bits per heavy atom. The Morgan fingerprint density at radius 2 is 1.62 bits per heavy atom. The minimum atomic E-state index is -2.10. The third-order valence-corrected chi connectivity index (χ3v) is 5.99. The fourth-order valence-corrected chi connectivity index (χ4v) is 3.98. The van der Waals surface area contributed by atoms with Gasteiger partial charge in [0.1, 0.15) is 12.4 Å². The van der Waals surface area contributed by atoms with E-state index in [4.69, 9.17) is 18.4 Å². The molecule has 0 bridgehead atoms. The Balaban J connectivity index is 1.72. The summed E-state index contributed by atoms with van der Waals surface area (Å²) in [4.78, 5) is 17.2. The zero-order chi connectivity index (χ0) is 27.8. The average molecular weight is 552 g/mol. The minimum Gasteiger partial charge on any atom is -0.493 e. The molecule has 1 unspecified atom stereocenters. The van der Waals surface area contributed by atoms with Crippen molar-refractivity contribution in [1.29, 1.82) is 0 Å². The molecule has 0 aliphatic rings. The second kappa shape index (κ2) is 12.5. The van der Waals surface area contributed by atoms with Crippen molar-refractivity contribution < 1.29 is 27.7 Å². The molecule has 2 aromatic carbocycles. The molecule has 0 aliphatic heterocycles. The number of ether oxygens (including phenoxy) is 3. The molecule has 0 amide bonds. The van der Waals surface area contributed by atoms with Crippen molar-refractivity contribution in [2.24, 2.45) is 0 Å². The van der Waals surface area contributed by atoms with Gasteiger partial charge in [-0.3, -0.25) is 4.72 Å². The van der Waals surface area contributed by atoms with E-state index in [1.807, 2.05) is 12.1 Å². The number of nitrogens with one attached hydrogen (secondary N) is 1. The molecule has 1 atom stereocenters. The Morgan fingerprint density at radius 3 is 2.26 bits per heavy atom. The van der Waals surface area contributed by atoms with Gasteiger partial charge in [0, 0.05) is 12.4 Å². The van der Waals surface area contributed by atoms with E-state index >= 15 is 0 Å². The number of hydrogen-bond acceptors (Lipinski definition) is 10. The normalized spacial score (nSPS) is 11.9. The summed E-state index contributed by atoms with van der Waals surface area (Å²) < 4.78 is 38.6. The number of para-hydroxylation sites is 2. The minimum absolute atomic E-state index is 0.00679. The number of rotatable bonds is 11. The Hall–Kier alpha value is -4.29. The predicted molar refractivity (Wildman–Crippen MR) is 146 cm³/mol. The van der Waals surface area contributed by atoms with Crippen LogP contribution in [0, 0.1) is 0 Å². The first-order valence-corrected chi connectivity index (χ1v) is 13.1. The lowest BCUT2D eigenvalue weighted by molar-refractivity contribution is 0.192. The van der Waals surface area contributed by atoms with Crippen molar-refractivity contribution in [3.63, 3.8) is 0 Å². The molecule has 2 N–H and O–H groups in total. The van der Waals surface area contributed by atoms with Crippen molar-refractivity contribution in [3.05, 3.63) is 72.6 Å². The molecule has 0 saturated heterocycles. The SMILES string of the molecule is COc1ccccc1Oc1c(NS(=O)Oc2ccc(C(C)(C)C)cc2)nc(-c2ncccn2)nc1OCCO. The molecule has 2 heterocycles. The lowest BCUT2D eigenvalue weighted by Crippen LogP contribution is -2.15. The average Bonchev–Trinajstić information content (AvgIpc) is 2.93. The molecule has 204 valence electrons. The maximum Gasteiger partial charge on any atom is 0.317 e. The molecule has 12 heteroatoms. The number of methoxy groups -OCH3 is 1. The topological polar surface area (TPSA) is 138 Å². The first kappa shape index (κ1) is 27.7. The molecule has 0 spiro atoms. The molecule has 0 fully saturated rings. The standard InChI is InChI=1S/C27H29N5O6S/c1-27(2,3)18-10-12-19(13-11-18)38-39(34)32-23-22(37-21-9-6-5-8-20(21)35-4)26(36-17-16-33)31-25(30-23)24-28-14-7-15-29-24/h5-15,33H,16-17H2,1-4H3,(H,30,31,32). The summed E-state index contributed by atoms with van der Waals surface area (Å²) in [6.45, 7) is 5.94. The summed E-state index contributed by atoms with van der Waals surface area (Å²) in [7, 11) is 1.50. The maximum atomic E-state index is 13.1. The molecule has 39 heavy (non-hydrogen) atoms. The van der Waals surface area contributed by atoms with Gasteiger partial charge >= 0.3 is 11.3 Å². The monoisotopic (exact) mass is 551 g/mol. The van der Waals surface area contributed by atoms with E-state index in [0.717, 1.165) is 5.56 Å². The van der Waals surface area contributed by atoms with E-state index in [2.05, 4.69) is 45.4 Å².